The molecule has 1 heterocycles. The minimum absolute atomic E-state index is 0.571. The Morgan fingerprint density at radius 2 is 2.30 bits per heavy atom. The van der Waals surface area contributed by atoms with Crippen LogP contribution in [0.4, 0.5) is 0 Å². The molecule has 2 aliphatic rings. The van der Waals surface area contributed by atoms with Crippen LogP contribution in [0.5, 0.6) is 0 Å². The molecule has 2 heteroatoms. The summed E-state index contributed by atoms with van der Waals surface area (Å²) < 4.78 is 5.37. The summed E-state index contributed by atoms with van der Waals surface area (Å²) in [4.78, 5) is 2.46. The molecule has 2 fully saturated rings. The largest absolute Gasteiger partial charge is 0.381 e. The smallest absolute Gasteiger partial charge is 0.0627 e. The van der Waals surface area contributed by atoms with Gasteiger partial charge in [-0.3, -0.25) is 0 Å². The Hall–Kier alpha value is -0.0800. The molecule has 0 spiro atoms. The number of nitrogens with zero attached hydrogens (tertiary/aromatic N) is 1. The van der Waals surface area contributed by atoms with E-state index in [-0.39, 0.29) is 0 Å². The van der Waals surface area contributed by atoms with Gasteiger partial charge < -0.3 is 9.64 Å². The average Bonchev–Trinajstić information content (AvgIpc) is 2.68. The van der Waals surface area contributed by atoms with E-state index in [9.17, 15) is 0 Å². The minimum Gasteiger partial charge on any atom is -0.381 e. The predicted molar refractivity (Wildman–Crippen MR) is 39.9 cm³/mol. The summed E-state index contributed by atoms with van der Waals surface area (Å²) in [6.45, 7) is 1.22. The molecule has 0 aromatic carbocycles. The van der Waals surface area contributed by atoms with E-state index < -0.39 is 0 Å². The summed E-state index contributed by atoms with van der Waals surface area (Å²) in [7, 11) is 4.06. The number of ether oxygens (including phenoxy) is 1. The van der Waals surface area contributed by atoms with Crippen molar-refractivity contribution in [3.05, 3.63) is 0 Å². The quantitative estimate of drug-likeness (QED) is 0.533. The van der Waals surface area contributed by atoms with Crippen molar-refractivity contribution in [2.75, 3.05) is 20.7 Å². The molecular weight excluding hydrogens is 126 g/mol. The van der Waals surface area contributed by atoms with Crippen LogP contribution in [0.15, 0.2) is 0 Å². The highest BCUT2D eigenvalue weighted by molar-refractivity contribution is 5.02. The number of hydrogen-bond donors (Lipinski definition) is 0. The lowest BCUT2D eigenvalue weighted by molar-refractivity contribution is 0.0402. The van der Waals surface area contributed by atoms with Gasteiger partial charge in [0.25, 0.3) is 0 Å². The van der Waals surface area contributed by atoms with Crippen LogP contribution in [0.25, 0.3) is 0 Å². The Kier molecular flexibility index (Phi) is 1.46. The molecule has 3 unspecified atom stereocenters. The van der Waals surface area contributed by atoms with Gasteiger partial charge in [0, 0.05) is 25.6 Å². The zero-order chi connectivity index (χ0) is 7.14. The first kappa shape index (κ1) is 6.62. The second-order valence-corrected chi connectivity index (χ2v) is 3.51. The molecule has 0 radical (unpaired) electrons. The van der Waals surface area contributed by atoms with Crippen molar-refractivity contribution < 1.29 is 4.74 Å². The Labute approximate surface area is 62.2 Å². The van der Waals surface area contributed by atoms with Crippen molar-refractivity contribution in [2.24, 2.45) is 5.92 Å². The first-order valence-electron chi connectivity index (χ1n) is 4.06. The van der Waals surface area contributed by atoms with Gasteiger partial charge in [0.05, 0.1) is 6.10 Å². The third-order valence-electron chi connectivity index (χ3n) is 2.92. The van der Waals surface area contributed by atoms with E-state index in [1.165, 1.54) is 19.4 Å². The fourth-order valence-corrected chi connectivity index (χ4v) is 2.11. The number of rotatable bonds is 1. The molecule has 0 aromatic rings. The maximum absolute atomic E-state index is 5.37. The summed E-state index contributed by atoms with van der Waals surface area (Å²) in [5, 5.41) is 0. The van der Waals surface area contributed by atoms with Gasteiger partial charge in [0.2, 0.25) is 0 Å². The van der Waals surface area contributed by atoms with Gasteiger partial charge >= 0.3 is 0 Å². The van der Waals surface area contributed by atoms with E-state index in [1.807, 2.05) is 7.11 Å². The molecule has 2 nitrogen and oxygen atoms in total. The van der Waals surface area contributed by atoms with Gasteiger partial charge in [-0.15, -0.1) is 0 Å². The molecule has 1 aliphatic carbocycles. The lowest BCUT2D eigenvalue weighted by Crippen LogP contribution is -2.35. The standard InChI is InChI=1S/C8H15NO/c1-9-4-3-8(10-2)6-5-7(6)9/h6-8H,3-5H2,1-2H3. The van der Waals surface area contributed by atoms with Gasteiger partial charge in [-0.2, -0.15) is 0 Å². The summed E-state index contributed by atoms with van der Waals surface area (Å²) in [5.41, 5.74) is 0. The maximum atomic E-state index is 5.37. The maximum Gasteiger partial charge on any atom is 0.0627 e. The van der Waals surface area contributed by atoms with Crippen molar-refractivity contribution in [1.29, 1.82) is 0 Å². The monoisotopic (exact) mass is 141 g/mol. The highest BCUT2D eigenvalue weighted by atomic mass is 16.5. The van der Waals surface area contributed by atoms with Gasteiger partial charge in [0.1, 0.15) is 0 Å². The Morgan fingerprint density at radius 3 is 3.00 bits per heavy atom. The minimum atomic E-state index is 0.571. The molecule has 1 saturated heterocycles. The normalized spacial score (nSPS) is 46.8. The topological polar surface area (TPSA) is 12.5 Å². The Morgan fingerprint density at radius 1 is 1.50 bits per heavy atom. The molecule has 0 amide bonds. The molecule has 1 aliphatic heterocycles. The summed E-state index contributed by atoms with van der Waals surface area (Å²) in [6, 6.07) is 0.860. The lowest BCUT2D eigenvalue weighted by atomic mass is 10.1. The van der Waals surface area contributed by atoms with Gasteiger partial charge in [0.15, 0.2) is 0 Å². The van der Waals surface area contributed by atoms with Crippen LogP contribution in [-0.4, -0.2) is 37.7 Å². The number of likely N-dealkylation sites (tertiary alicyclic amines) is 1. The van der Waals surface area contributed by atoms with Crippen molar-refractivity contribution in [3.8, 4) is 0 Å². The van der Waals surface area contributed by atoms with Crippen LogP contribution in [0, 0.1) is 5.92 Å². The van der Waals surface area contributed by atoms with Crippen LogP contribution < -0.4 is 0 Å². The van der Waals surface area contributed by atoms with E-state index in [4.69, 9.17) is 4.74 Å². The first-order chi connectivity index (χ1) is 4.83. The average molecular weight is 141 g/mol. The zero-order valence-electron chi connectivity index (χ0n) is 6.71. The predicted octanol–water partition coefficient (Wildman–Crippen LogP) is 0.725. The van der Waals surface area contributed by atoms with E-state index in [1.54, 1.807) is 0 Å². The number of fused-ring (bicyclic) bond motifs is 1. The van der Waals surface area contributed by atoms with Gasteiger partial charge in [-0.05, 0) is 19.9 Å². The third-order valence-corrected chi connectivity index (χ3v) is 2.92. The second kappa shape index (κ2) is 2.21. The zero-order valence-corrected chi connectivity index (χ0v) is 6.71. The molecule has 0 bridgehead atoms. The van der Waals surface area contributed by atoms with E-state index in [0.29, 0.717) is 6.10 Å². The Bertz CT molecular complexity index is 137. The van der Waals surface area contributed by atoms with Crippen LogP contribution in [0.1, 0.15) is 12.8 Å². The molecule has 1 saturated carbocycles. The molecule has 2 rings (SSSR count). The lowest BCUT2D eigenvalue weighted by Gasteiger charge is -2.27. The second-order valence-electron chi connectivity index (χ2n) is 3.51. The van der Waals surface area contributed by atoms with E-state index in [2.05, 4.69) is 11.9 Å². The van der Waals surface area contributed by atoms with Crippen molar-refractivity contribution >= 4 is 0 Å². The summed E-state index contributed by atoms with van der Waals surface area (Å²) in [5.74, 6) is 0.865. The van der Waals surface area contributed by atoms with Crippen LogP contribution in [0.2, 0.25) is 0 Å². The molecule has 3 atom stereocenters. The molecule has 10 heavy (non-hydrogen) atoms. The van der Waals surface area contributed by atoms with E-state index >= 15 is 0 Å². The number of piperidine rings is 1. The highest BCUT2D eigenvalue weighted by Crippen LogP contribution is 2.43. The fourth-order valence-electron chi connectivity index (χ4n) is 2.11. The van der Waals surface area contributed by atoms with Crippen LogP contribution >= 0.6 is 0 Å². The fraction of sp³-hybridized carbons (Fsp3) is 1.00. The summed E-state index contributed by atoms with van der Waals surface area (Å²) >= 11 is 0. The van der Waals surface area contributed by atoms with Crippen LogP contribution in [0.3, 0.4) is 0 Å². The first-order valence-corrected chi connectivity index (χ1v) is 4.06. The van der Waals surface area contributed by atoms with E-state index in [0.717, 1.165) is 12.0 Å². The van der Waals surface area contributed by atoms with Crippen LogP contribution in [-0.2, 0) is 4.74 Å². The third kappa shape index (κ3) is 0.867. The SMILES string of the molecule is COC1CCN(C)C2CC12. The molecule has 0 aromatic heterocycles. The summed E-state index contributed by atoms with van der Waals surface area (Å²) in [6.07, 6.45) is 3.17. The number of methoxy groups -OCH3 is 1. The molecule has 58 valence electrons. The molecular formula is C8H15NO. The van der Waals surface area contributed by atoms with Gasteiger partial charge in [-0.25, -0.2) is 0 Å². The van der Waals surface area contributed by atoms with Crippen molar-refractivity contribution in [2.45, 2.75) is 25.0 Å². The highest BCUT2D eigenvalue weighted by Gasteiger charge is 2.48. The van der Waals surface area contributed by atoms with Crippen molar-refractivity contribution in [1.82, 2.24) is 4.90 Å². The van der Waals surface area contributed by atoms with Gasteiger partial charge in [-0.1, -0.05) is 0 Å². The Balaban J connectivity index is 1.95. The molecule has 0 N–H and O–H groups in total. The number of hydrogen-bond acceptors (Lipinski definition) is 2. The van der Waals surface area contributed by atoms with Crippen molar-refractivity contribution in [3.63, 3.8) is 0 Å².